The van der Waals surface area contributed by atoms with Crippen molar-refractivity contribution in [2.75, 3.05) is 36.4 Å². The molecule has 0 bridgehead atoms. The Bertz CT molecular complexity index is 503. The largest absolute Gasteiger partial charge is 0.371 e. The van der Waals surface area contributed by atoms with Crippen LogP contribution in [0.5, 0.6) is 0 Å². The maximum atomic E-state index is 12.6. The second kappa shape index (κ2) is 6.06. The Balaban J connectivity index is 1.69. The van der Waals surface area contributed by atoms with Crippen molar-refractivity contribution in [1.29, 1.82) is 0 Å². The van der Waals surface area contributed by atoms with E-state index in [1.165, 1.54) is 18.5 Å². The maximum absolute atomic E-state index is 12.6. The van der Waals surface area contributed by atoms with E-state index < -0.39 is 0 Å². The van der Waals surface area contributed by atoms with Crippen molar-refractivity contribution >= 4 is 17.3 Å². The molecule has 2 heterocycles. The second-order valence-corrected chi connectivity index (χ2v) is 6.51. The number of anilines is 2. The predicted molar refractivity (Wildman–Crippen MR) is 86.7 cm³/mol. The van der Waals surface area contributed by atoms with Gasteiger partial charge >= 0.3 is 0 Å². The molecule has 2 aliphatic heterocycles. The lowest BCUT2D eigenvalue weighted by Gasteiger charge is -2.32. The molecule has 0 spiro atoms. The van der Waals surface area contributed by atoms with Crippen molar-refractivity contribution in [2.24, 2.45) is 5.41 Å². The number of amides is 1. The second-order valence-electron chi connectivity index (χ2n) is 6.51. The highest BCUT2D eigenvalue weighted by Crippen LogP contribution is 2.30. The van der Waals surface area contributed by atoms with Gasteiger partial charge in [-0.2, -0.15) is 0 Å². The molecule has 0 aliphatic carbocycles. The highest BCUT2D eigenvalue weighted by atomic mass is 16.2. The predicted octanol–water partition coefficient (Wildman–Crippen LogP) is 2.62. The van der Waals surface area contributed by atoms with Crippen molar-refractivity contribution < 1.29 is 4.79 Å². The van der Waals surface area contributed by atoms with Gasteiger partial charge in [0.1, 0.15) is 0 Å². The average molecular weight is 287 g/mol. The molecule has 2 aliphatic rings. The van der Waals surface area contributed by atoms with Crippen LogP contribution in [0.15, 0.2) is 24.3 Å². The minimum Gasteiger partial charge on any atom is -0.371 e. The highest BCUT2D eigenvalue weighted by molar-refractivity contribution is 5.95. The van der Waals surface area contributed by atoms with E-state index in [4.69, 9.17) is 0 Å². The zero-order chi connectivity index (χ0) is 14.7. The molecule has 2 N–H and O–H groups in total. The van der Waals surface area contributed by atoms with Crippen molar-refractivity contribution in [1.82, 2.24) is 5.32 Å². The summed E-state index contributed by atoms with van der Waals surface area (Å²) in [5.41, 5.74) is 1.90. The van der Waals surface area contributed by atoms with Crippen LogP contribution in [0, 0.1) is 5.41 Å². The van der Waals surface area contributed by atoms with Crippen LogP contribution in [0.2, 0.25) is 0 Å². The van der Waals surface area contributed by atoms with Gasteiger partial charge in [0.25, 0.3) is 0 Å². The molecule has 4 heteroatoms. The molecule has 4 nitrogen and oxygen atoms in total. The number of nitrogens with zero attached hydrogens (tertiary/aromatic N) is 1. The molecule has 0 saturated carbocycles. The number of carbonyl (C=O) groups excluding carboxylic acids is 1. The molecule has 3 rings (SSSR count). The number of hydrogen-bond donors (Lipinski definition) is 2. The van der Waals surface area contributed by atoms with Crippen LogP contribution in [0.4, 0.5) is 11.4 Å². The van der Waals surface area contributed by atoms with Crippen LogP contribution in [0.3, 0.4) is 0 Å². The smallest absolute Gasteiger partial charge is 0.230 e. The monoisotopic (exact) mass is 287 g/mol. The molecule has 2 fully saturated rings. The maximum Gasteiger partial charge on any atom is 0.230 e. The summed E-state index contributed by atoms with van der Waals surface area (Å²) in [6, 6.07) is 8.26. The van der Waals surface area contributed by atoms with Gasteiger partial charge in [-0.05, 0) is 57.0 Å². The van der Waals surface area contributed by atoms with Crippen molar-refractivity contribution in [3.8, 4) is 0 Å². The Morgan fingerprint density at radius 2 is 1.95 bits per heavy atom. The number of rotatable bonds is 3. The third-order valence-corrected chi connectivity index (χ3v) is 4.83. The summed E-state index contributed by atoms with van der Waals surface area (Å²) < 4.78 is 0. The van der Waals surface area contributed by atoms with Gasteiger partial charge in [-0.25, -0.2) is 0 Å². The minimum absolute atomic E-state index is 0.155. The Kier molecular flexibility index (Phi) is 4.15. The normalized spacial score (nSPS) is 21.3. The fraction of sp³-hybridized carbons (Fsp3) is 0.588. The van der Waals surface area contributed by atoms with Gasteiger partial charge in [-0.3, -0.25) is 4.79 Å². The van der Waals surface area contributed by atoms with Crippen LogP contribution in [0.1, 0.15) is 32.6 Å². The standard InChI is InChI=1S/C17H25N3O/c1-17(7-9-18-10-8-17)16(21)19-14-5-4-6-15(13-14)20-11-2-3-12-20/h4-6,13,18H,2-3,7-12H2,1H3,(H,19,21). The number of piperidine rings is 1. The molecule has 1 amide bonds. The fourth-order valence-corrected chi connectivity index (χ4v) is 3.24. The number of hydrogen-bond acceptors (Lipinski definition) is 3. The quantitative estimate of drug-likeness (QED) is 0.898. The van der Waals surface area contributed by atoms with E-state index in [1.54, 1.807) is 0 Å². The first-order valence-corrected chi connectivity index (χ1v) is 8.05. The summed E-state index contributed by atoms with van der Waals surface area (Å²) in [4.78, 5) is 15.0. The highest BCUT2D eigenvalue weighted by Gasteiger charge is 2.34. The summed E-state index contributed by atoms with van der Waals surface area (Å²) in [6.45, 7) is 6.19. The summed E-state index contributed by atoms with van der Waals surface area (Å²) in [5, 5.41) is 6.44. The van der Waals surface area contributed by atoms with Crippen LogP contribution in [-0.2, 0) is 4.79 Å². The van der Waals surface area contributed by atoms with Crippen molar-refractivity contribution in [3.63, 3.8) is 0 Å². The van der Waals surface area contributed by atoms with Gasteiger partial charge < -0.3 is 15.5 Å². The lowest BCUT2D eigenvalue weighted by molar-refractivity contribution is -0.126. The third kappa shape index (κ3) is 3.21. The summed E-state index contributed by atoms with van der Waals surface area (Å²) in [6.07, 6.45) is 4.35. The minimum atomic E-state index is -0.241. The Morgan fingerprint density at radius 1 is 1.24 bits per heavy atom. The Labute approximate surface area is 126 Å². The van der Waals surface area contributed by atoms with Gasteiger partial charge in [0.05, 0.1) is 0 Å². The van der Waals surface area contributed by atoms with Gasteiger partial charge in [0.2, 0.25) is 5.91 Å². The van der Waals surface area contributed by atoms with E-state index in [0.717, 1.165) is 44.7 Å². The van der Waals surface area contributed by atoms with Crippen molar-refractivity contribution in [3.05, 3.63) is 24.3 Å². The molecule has 1 aromatic carbocycles. The van der Waals surface area contributed by atoms with Crippen LogP contribution in [0.25, 0.3) is 0 Å². The van der Waals surface area contributed by atoms with E-state index >= 15 is 0 Å². The van der Waals surface area contributed by atoms with E-state index in [-0.39, 0.29) is 11.3 Å². The van der Waals surface area contributed by atoms with E-state index in [0.29, 0.717) is 0 Å². The number of carbonyl (C=O) groups is 1. The van der Waals surface area contributed by atoms with Crippen LogP contribution in [-0.4, -0.2) is 32.1 Å². The van der Waals surface area contributed by atoms with Crippen molar-refractivity contribution in [2.45, 2.75) is 32.6 Å². The zero-order valence-electron chi connectivity index (χ0n) is 12.8. The summed E-state index contributed by atoms with van der Waals surface area (Å²) in [7, 11) is 0. The van der Waals surface area contributed by atoms with Gasteiger partial charge in [-0.15, -0.1) is 0 Å². The van der Waals surface area contributed by atoms with Gasteiger partial charge in [0, 0.05) is 29.9 Å². The first-order chi connectivity index (χ1) is 10.2. The molecule has 1 aromatic rings. The molecular formula is C17H25N3O. The van der Waals surface area contributed by atoms with Crippen LogP contribution >= 0.6 is 0 Å². The van der Waals surface area contributed by atoms with E-state index in [1.807, 2.05) is 12.1 Å². The summed E-state index contributed by atoms with van der Waals surface area (Å²) >= 11 is 0. The molecular weight excluding hydrogens is 262 g/mol. The number of benzene rings is 1. The Hall–Kier alpha value is -1.55. The molecule has 2 saturated heterocycles. The first-order valence-electron chi connectivity index (χ1n) is 8.05. The zero-order valence-corrected chi connectivity index (χ0v) is 12.8. The Morgan fingerprint density at radius 3 is 2.67 bits per heavy atom. The lowest BCUT2D eigenvalue weighted by atomic mass is 9.80. The molecule has 0 unspecified atom stereocenters. The average Bonchev–Trinajstić information content (AvgIpc) is 3.02. The van der Waals surface area contributed by atoms with E-state index in [2.05, 4.69) is 34.6 Å². The fourth-order valence-electron chi connectivity index (χ4n) is 3.24. The van der Waals surface area contributed by atoms with E-state index in [9.17, 15) is 4.79 Å². The molecule has 114 valence electrons. The third-order valence-electron chi connectivity index (χ3n) is 4.83. The first kappa shape index (κ1) is 14.4. The molecule has 21 heavy (non-hydrogen) atoms. The summed E-state index contributed by atoms with van der Waals surface area (Å²) in [5.74, 6) is 0.155. The molecule has 0 radical (unpaired) electrons. The molecule has 0 atom stereocenters. The van der Waals surface area contributed by atoms with Crippen LogP contribution < -0.4 is 15.5 Å². The topological polar surface area (TPSA) is 44.4 Å². The SMILES string of the molecule is CC1(C(=O)Nc2cccc(N3CCCC3)c2)CCNCC1. The number of nitrogens with one attached hydrogen (secondary N) is 2. The molecule has 0 aromatic heterocycles. The van der Waals surface area contributed by atoms with Gasteiger partial charge in [-0.1, -0.05) is 13.0 Å². The van der Waals surface area contributed by atoms with Gasteiger partial charge in [0.15, 0.2) is 0 Å². The lowest BCUT2D eigenvalue weighted by Crippen LogP contribution is -2.42.